The highest BCUT2D eigenvalue weighted by Crippen LogP contribution is 2.54. The zero-order valence-corrected chi connectivity index (χ0v) is 36.3. The molecule has 0 bridgehead atoms. The van der Waals surface area contributed by atoms with Crippen molar-refractivity contribution < 1.29 is 47.0 Å². The molecule has 0 saturated heterocycles. The number of ether oxygens (including phenoxy) is 3. The van der Waals surface area contributed by atoms with Crippen LogP contribution in [0.1, 0.15) is 148 Å². The Morgan fingerprint density at radius 2 is 1.21 bits per heavy atom. The van der Waals surface area contributed by atoms with Crippen LogP contribution in [0.25, 0.3) is 0 Å². The highest BCUT2D eigenvalue weighted by atomic mass is 19.1. The van der Waals surface area contributed by atoms with Crippen LogP contribution in [0.2, 0.25) is 0 Å². The second kappa shape index (κ2) is 18.7. The fourth-order valence-electron chi connectivity index (χ4n) is 10.2. The first kappa shape index (κ1) is 44.3. The van der Waals surface area contributed by atoms with E-state index in [0.29, 0.717) is 29.8 Å². The van der Waals surface area contributed by atoms with Gasteiger partial charge in [-0.3, -0.25) is 24.1 Å². The SMILES string of the molecule is CCOC(=O)CCC(=O)N(C1CC1)[C@H]1c2cc(F)ccc2N(C(=O)OC(C)(C)C)[C@H]2CCC[C@H]21.CCOC(=O)CCC(=O)N(C1CC1)[C@H]1c2cc(F)ccc2N[C@H]2CCC[C@H]21. The highest BCUT2D eigenvalue weighted by Gasteiger charge is 2.52. The van der Waals surface area contributed by atoms with Gasteiger partial charge in [-0.25, -0.2) is 13.6 Å². The lowest BCUT2D eigenvalue weighted by Crippen LogP contribution is -2.53. The monoisotopic (exact) mass is 848 g/mol. The van der Waals surface area contributed by atoms with Gasteiger partial charge in [0.1, 0.15) is 17.2 Å². The van der Waals surface area contributed by atoms with Gasteiger partial charge in [-0.2, -0.15) is 0 Å². The molecular formula is C47H62F2N4O8. The Balaban J connectivity index is 0.000000189. The number of fused-ring (bicyclic) bond motifs is 4. The standard InChI is InChI=1S/C26H35FN2O5.C21H27FN2O3/c1-5-33-23(31)14-13-22(30)28(17-10-11-17)24-18-7-6-8-20(18)29(25(32)34-26(2,3)4)21-12-9-16(27)15-19(21)24;1-2-27-20(26)11-10-19(25)24(14-7-8-14)21-15-4-3-5-17(15)23-18-9-6-13(22)12-16(18)21/h9,12,15,17-18,20,24H,5-8,10-11,13-14H2,1-4H3;6,9,12,14-15,17,21,23H,2-5,7-8,10-11H2,1H3/t18-,20+,24-;15-,17+,21-/m11/s1. The van der Waals surface area contributed by atoms with Crippen molar-refractivity contribution in [3.8, 4) is 0 Å². The van der Waals surface area contributed by atoms with Gasteiger partial charge in [-0.05, 0) is 122 Å². The quantitative estimate of drug-likeness (QED) is 0.164. The first-order chi connectivity index (χ1) is 29.2. The number of halogens is 2. The van der Waals surface area contributed by atoms with Crippen molar-refractivity contribution in [1.29, 1.82) is 0 Å². The molecule has 6 atom stereocenters. The van der Waals surface area contributed by atoms with Crippen molar-refractivity contribution in [2.45, 2.75) is 166 Å². The summed E-state index contributed by atoms with van der Waals surface area (Å²) in [6.07, 6.45) is 9.41. The summed E-state index contributed by atoms with van der Waals surface area (Å²) in [7, 11) is 0. The molecular weight excluding hydrogens is 787 g/mol. The molecule has 4 aliphatic carbocycles. The normalized spacial score (nSPS) is 24.7. The van der Waals surface area contributed by atoms with Crippen LogP contribution in [0, 0.1) is 23.5 Å². The number of rotatable bonds is 12. The Bertz CT molecular complexity index is 1960. The topological polar surface area (TPSA) is 135 Å². The van der Waals surface area contributed by atoms with E-state index in [-0.39, 0.29) is 92.0 Å². The van der Waals surface area contributed by atoms with Gasteiger partial charge in [0.05, 0.1) is 43.8 Å². The minimum absolute atomic E-state index is 0.0154. The number of benzene rings is 2. The molecule has 61 heavy (non-hydrogen) atoms. The third kappa shape index (κ3) is 10.1. The van der Waals surface area contributed by atoms with E-state index in [1.165, 1.54) is 18.2 Å². The maximum atomic E-state index is 14.5. The summed E-state index contributed by atoms with van der Waals surface area (Å²) in [4.78, 5) is 69.0. The summed E-state index contributed by atoms with van der Waals surface area (Å²) in [5.41, 5.74) is 2.41. The van der Waals surface area contributed by atoms with Gasteiger partial charge in [-0.15, -0.1) is 0 Å². The number of nitrogens with one attached hydrogen (secondary N) is 1. The predicted molar refractivity (Wildman–Crippen MR) is 224 cm³/mol. The number of hydrogen-bond acceptors (Lipinski definition) is 9. The molecule has 0 unspecified atom stereocenters. The molecule has 2 heterocycles. The number of amides is 3. The lowest BCUT2D eigenvalue weighted by Gasteiger charge is -2.47. The molecule has 2 aromatic rings. The summed E-state index contributed by atoms with van der Waals surface area (Å²) >= 11 is 0. The molecule has 6 aliphatic rings. The number of carbonyl (C=O) groups excluding carboxylic acids is 5. The van der Waals surface area contributed by atoms with Crippen molar-refractivity contribution in [2.75, 3.05) is 23.4 Å². The Hall–Kier alpha value is -4.75. The third-order valence-corrected chi connectivity index (χ3v) is 12.8. The van der Waals surface area contributed by atoms with Crippen molar-refractivity contribution in [1.82, 2.24) is 9.80 Å². The van der Waals surface area contributed by atoms with Crippen LogP contribution >= 0.6 is 0 Å². The van der Waals surface area contributed by atoms with E-state index in [1.54, 1.807) is 36.9 Å². The van der Waals surface area contributed by atoms with E-state index in [0.717, 1.165) is 75.5 Å². The van der Waals surface area contributed by atoms with Crippen LogP contribution in [-0.4, -0.2) is 82.6 Å². The van der Waals surface area contributed by atoms with Gasteiger partial charge in [0.15, 0.2) is 0 Å². The minimum Gasteiger partial charge on any atom is -0.466 e. The number of hydrogen-bond donors (Lipinski definition) is 1. The summed E-state index contributed by atoms with van der Waals surface area (Å²) in [5.74, 6) is -1.26. The molecule has 4 saturated carbocycles. The molecule has 0 spiro atoms. The van der Waals surface area contributed by atoms with Crippen molar-refractivity contribution in [3.05, 3.63) is 59.2 Å². The average Bonchev–Trinajstić information content (AvgIpc) is 4.13. The minimum atomic E-state index is -0.661. The summed E-state index contributed by atoms with van der Waals surface area (Å²) in [5, 5.41) is 3.56. The molecule has 0 aromatic heterocycles. The van der Waals surface area contributed by atoms with Crippen LogP contribution in [0.15, 0.2) is 36.4 Å². The van der Waals surface area contributed by atoms with Gasteiger partial charge in [-0.1, -0.05) is 12.8 Å². The van der Waals surface area contributed by atoms with Crippen LogP contribution in [-0.2, 0) is 33.4 Å². The maximum Gasteiger partial charge on any atom is 0.415 e. The number of esters is 2. The Labute approximate surface area is 358 Å². The Kier molecular flexibility index (Phi) is 13.6. The van der Waals surface area contributed by atoms with Gasteiger partial charge in [0.2, 0.25) is 11.8 Å². The fourth-order valence-corrected chi connectivity index (χ4v) is 10.2. The van der Waals surface area contributed by atoms with Crippen LogP contribution in [0.4, 0.5) is 25.0 Å². The summed E-state index contributed by atoms with van der Waals surface area (Å²) in [6, 6.07) is 9.33. The summed E-state index contributed by atoms with van der Waals surface area (Å²) in [6.45, 7) is 9.57. The average molecular weight is 849 g/mol. The van der Waals surface area contributed by atoms with Crippen molar-refractivity contribution in [3.63, 3.8) is 0 Å². The smallest absolute Gasteiger partial charge is 0.415 e. The zero-order valence-electron chi connectivity index (χ0n) is 36.3. The molecule has 4 fully saturated rings. The zero-order chi connectivity index (χ0) is 43.6. The predicted octanol–water partition coefficient (Wildman–Crippen LogP) is 8.92. The lowest BCUT2D eigenvalue weighted by molar-refractivity contribution is -0.147. The molecule has 12 nitrogen and oxygen atoms in total. The second-order valence-electron chi connectivity index (χ2n) is 18.4. The number of carbonyl (C=O) groups is 5. The van der Waals surface area contributed by atoms with E-state index in [1.807, 2.05) is 30.6 Å². The highest BCUT2D eigenvalue weighted by molar-refractivity contribution is 5.91. The van der Waals surface area contributed by atoms with Gasteiger partial charge >= 0.3 is 18.0 Å². The first-order valence-electron chi connectivity index (χ1n) is 22.5. The molecule has 14 heteroatoms. The van der Waals surface area contributed by atoms with Gasteiger partial charge in [0, 0.05) is 65.7 Å². The van der Waals surface area contributed by atoms with Crippen molar-refractivity contribution >= 4 is 41.2 Å². The Morgan fingerprint density at radius 3 is 1.77 bits per heavy atom. The molecule has 332 valence electrons. The maximum absolute atomic E-state index is 14.5. The first-order valence-corrected chi connectivity index (χ1v) is 22.5. The molecule has 2 aromatic carbocycles. The van der Waals surface area contributed by atoms with Crippen molar-refractivity contribution in [2.24, 2.45) is 11.8 Å². The van der Waals surface area contributed by atoms with Crippen LogP contribution in [0.5, 0.6) is 0 Å². The largest absolute Gasteiger partial charge is 0.466 e. The van der Waals surface area contributed by atoms with E-state index >= 15 is 0 Å². The van der Waals surface area contributed by atoms with E-state index in [4.69, 9.17) is 14.2 Å². The van der Waals surface area contributed by atoms with E-state index < -0.39 is 23.5 Å². The van der Waals surface area contributed by atoms with Gasteiger partial charge < -0.3 is 29.3 Å². The molecule has 2 aliphatic heterocycles. The van der Waals surface area contributed by atoms with Gasteiger partial charge in [0.25, 0.3) is 0 Å². The van der Waals surface area contributed by atoms with Crippen LogP contribution < -0.4 is 10.2 Å². The molecule has 1 N–H and O–H groups in total. The summed E-state index contributed by atoms with van der Waals surface area (Å²) < 4.78 is 44.3. The van der Waals surface area contributed by atoms with E-state index in [9.17, 15) is 32.8 Å². The number of nitrogens with zero attached hydrogens (tertiary/aromatic N) is 3. The Morgan fingerprint density at radius 1 is 0.689 bits per heavy atom. The lowest BCUT2D eigenvalue weighted by atomic mass is 9.81. The van der Waals surface area contributed by atoms with E-state index in [2.05, 4.69) is 5.32 Å². The molecule has 0 radical (unpaired) electrons. The second-order valence-corrected chi connectivity index (χ2v) is 18.4. The number of anilines is 2. The fraction of sp³-hybridized carbons (Fsp3) is 0.638. The van der Waals surface area contributed by atoms with Crippen LogP contribution in [0.3, 0.4) is 0 Å². The molecule has 8 rings (SSSR count). The molecule has 3 amide bonds. The third-order valence-electron chi connectivity index (χ3n) is 12.8.